The smallest absolute Gasteiger partial charge is 0.279 e. The van der Waals surface area contributed by atoms with Crippen LogP contribution in [0, 0.1) is 3.57 Å². The molecule has 0 aromatic carbocycles. The largest absolute Gasteiger partial charge is 0.320 e. The first kappa shape index (κ1) is 11.1. The van der Waals surface area contributed by atoms with Crippen LogP contribution in [-0.2, 0) is 5.33 Å². The Hall–Kier alpha value is 0.0200. The molecule has 0 unspecified atom stereocenters. The van der Waals surface area contributed by atoms with Crippen LogP contribution in [0.25, 0.3) is 0 Å². The van der Waals surface area contributed by atoms with E-state index in [9.17, 15) is 13.6 Å². The quantitative estimate of drug-likeness (QED) is 0.636. The van der Waals surface area contributed by atoms with Gasteiger partial charge in [0.25, 0.3) is 12.0 Å². The van der Waals surface area contributed by atoms with Crippen molar-refractivity contribution in [1.29, 1.82) is 0 Å². The average molecular weight is 364 g/mol. The van der Waals surface area contributed by atoms with Crippen LogP contribution < -0.4 is 5.56 Å². The van der Waals surface area contributed by atoms with Crippen LogP contribution in [0.3, 0.4) is 0 Å². The minimum absolute atomic E-state index is 0.310. The van der Waals surface area contributed by atoms with E-state index in [4.69, 9.17) is 0 Å². The molecule has 6 heteroatoms. The molecule has 0 amide bonds. The maximum atomic E-state index is 12.3. The average Bonchev–Trinajstić information content (AvgIpc) is 2.07. The van der Waals surface area contributed by atoms with E-state index in [0.717, 1.165) is 0 Å². The Labute approximate surface area is 95.0 Å². The van der Waals surface area contributed by atoms with Crippen molar-refractivity contribution < 1.29 is 8.78 Å². The topological polar surface area (TPSA) is 32.9 Å². The fraction of sp³-hybridized carbons (Fsp3) is 0.286. The summed E-state index contributed by atoms with van der Waals surface area (Å²) in [6, 6.07) is 1.45. The predicted molar refractivity (Wildman–Crippen MR) is 57.4 cm³/mol. The van der Waals surface area contributed by atoms with E-state index >= 15 is 0 Å². The molecule has 0 radical (unpaired) electrons. The Kier molecular flexibility index (Phi) is 3.84. The van der Waals surface area contributed by atoms with Crippen LogP contribution in [0.15, 0.2) is 10.9 Å². The van der Waals surface area contributed by atoms with Crippen LogP contribution >= 0.6 is 38.5 Å². The van der Waals surface area contributed by atoms with Gasteiger partial charge in [-0.3, -0.25) is 4.79 Å². The van der Waals surface area contributed by atoms with Crippen molar-refractivity contribution in [2.45, 2.75) is 11.8 Å². The highest BCUT2D eigenvalue weighted by Gasteiger charge is 2.14. The lowest BCUT2D eigenvalue weighted by atomic mass is 10.3. The van der Waals surface area contributed by atoms with Gasteiger partial charge in [-0.15, -0.1) is 0 Å². The van der Waals surface area contributed by atoms with Crippen LogP contribution in [0.2, 0.25) is 0 Å². The summed E-state index contributed by atoms with van der Waals surface area (Å²) in [5.41, 5.74) is -0.323. The SMILES string of the molecule is O=c1[nH]c(C(F)F)c(I)cc1CBr. The Morgan fingerprint density at radius 1 is 1.62 bits per heavy atom. The molecule has 1 rings (SSSR count). The molecule has 2 nitrogen and oxygen atoms in total. The van der Waals surface area contributed by atoms with Crippen LogP contribution in [0.5, 0.6) is 0 Å². The first-order chi connectivity index (χ1) is 6.06. The predicted octanol–water partition coefficient (Wildman–Crippen LogP) is 2.81. The molecule has 1 N–H and O–H groups in total. The molecule has 0 spiro atoms. The number of hydrogen-bond donors (Lipinski definition) is 1. The number of hydrogen-bond acceptors (Lipinski definition) is 1. The minimum Gasteiger partial charge on any atom is -0.320 e. The van der Waals surface area contributed by atoms with Gasteiger partial charge in [0.1, 0.15) is 0 Å². The van der Waals surface area contributed by atoms with Gasteiger partial charge in [-0.1, -0.05) is 15.9 Å². The molecule has 0 aliphatic rings. The lowest BCUT2D eigenvalue weighted by Crippen LogP contribution is -2.15. The lowest BCUT2D eigenvalue weighted by Gasteiger charge is -2.03. The highest BCUT2D eigenvalue weighted by molar-refractivity contribution is 14.1. The van der Waals surface area contributed by atoms with Crippen molar-refractivity contribution in [3.63, 3.8) is 0 Å². The molecular weight excluding hydrogens is 359 g/mol. The van der Waals surface area contributed by atoms with Crippen molar-refractivity contribution in [2.75, 3.05) is 0 Å². The van der Waals surface area contributed by atoms with Gasteiger partial charge < -0.3 is 4.98 Å². The molecule has 0 aliphatic carbocycles. The van der Waals surface area contributed by atoms with Gasteiger partial charge in [0.2, 0.25) is 0 Å². The van der Waals surface area contributed by atoms with E-state index in [1.165, 1.54) is 6.07 Å². The summed E-state index contributed by atoms with van der Waals surface area (Å²) in [4.78, 5) is 13.3. The van der Waals surface area contributed by atoms with Crippen LogP contribution in [0.4, 0.5) is 8.78 Å². The number of rotatable bonds is 2. The van der Waals surface area contributed by atoms with Crippen LogP contribution in [0.1, 0.15) is 17.7 Å². The van der Waals surface area contributed by atoms with Gasteiger partial charge in [0, 0.05) is 14.5 Å². The monoisotopic (exact) mass is 363 g/mol. The Balaban J connectivity index is 3.29. The van der Waals surface area contributed by atoms with Gasteiger partial charge in [-0.2, -0.15) is 0 Å². The van der Waals surface area contributed by atoms with Gasteiger partial charge >= 0.3 is 0 Å². The normalized spacial score (nSPS) is 10.8. The summed E-state index contributed by atoms with van der Waals surface area (Å²) in [6.07, 6.45) is -2.64. The number of nitrogens with one attached hydrogen (secondary N) is 1. The summed E-state index contributed by atoms with van der Waals surface area (Å²) in [6.45, 7) is 0. The first-order valence-electron chi connectivity index (χ1n) is 3.32. The Morgan fingerprint density at radius 2 is 2.23 bits per heavy atom. The van der Waals surface area contributed by atoms with E-state index in [-0.39, 0.29) is 5.69 Å². The molecule has 13 heavy (non-hydrogen) atoms. The van der Waals surface area contributed by atoms with Gasteiger partial charge in [0.15, 0.2) is 0 Å². The van der Waals surface area contributed by atoms with Crippen molar-refractivity contribution >= 4 is 38.5 Å². The molecule has 1 heterocycles. The fourth-order valence-corrected chi connectivity index (χ4v) is 1.98. The molecule has 0 atom stereocenters. The molecule has 0 saturated carbocycles. The van der Waals surface area contributed by atoms with Crippen molar-refractivity contribution in [3.05, 3.63) is 31.2 Å². The summed E-state index contributed by atoms with van der Waals surface area (Å²) in [5.74, 6) is 0. The molecule has 72 valence electrons. The number of aromatic amines is 1. The van der Waals surface area contributed by atoms with E-state index in [1.807, 2.05) is 0 Å². The molecule has 0 aliphatic heterocycles. The summed E-state index contributed by atoms with van der Waals surface area (Å²) in [5, 5.41) is 0.363. The Bertz CT molecular complexity index is 366. The van der Waals surface area contributed by atoms with E-state index in [0.29, 0.717) is 14.5 Å². The summed E-state index contributed by atoms with van der Waals surface area (Å²) >= 11 is 4.86. The lowest BCUT2D eigenvalue weighted by molar-refractivity contribution is 0.144. The number of halogens is 4. The van der Waals surface area contributed by atoms with Crippen molar-refractivity contribution in [3.8, 4) is 0 Å². The number of H-pyrrole nitrogens is 1. The van der Waals surface area contributed by atoms with Gasteiger partial charge in [-0.25, -0.2) is 8.78 Å². The van der Waals surface area contributed by atoms with E-state index in [1.54, 1.807) is 22.6 Å². The molecule has 1 aromatic heterocycles. The summed E-state index contributed by atoms with van der Waals surface area (Å²) in [7, 11) is 0. The van der Waals surface area contributed by atoms with Crippen molar-refractivity contribution in [2.24, 2.45) is 0 Å². The zero-order valence-corrected chi connectivity index (χ0v) is 10.0. The molecular formula is C7H5BrF2INO. The highest BCUT2D eigenvalue weighted by Crippen LogP contribution is 2.21. The zero-order valence-electron chi connectivity index (χ0n) is 6.28. The second kappa shape index (κ2) is 4.50. The number of alkyl halides is 3. The second-order valence-corrected chi connectivity index (χ2v) is 4.04. The molecule has 0 saturated heterocycles. The third-order valence-electron chi connectivity index (χ3n) is 1.46. The Morgan fingerprint density at radius 3 is 2.69 bits per heavy atom. The zero-order chi connectivity index (χ0) is 10.0. The molecule has 0 fully saturated rings. The highest BCUT2D eigenvalue weighted by atomic mass is 127. The third kappa shape index (κ3) is 2.49. The maximum absolute atomic E-state index is 12.3. The number of aromatic nitrogens is 1. The molecule has 0 bridgehead atoms. The van der Waals surface area contributed by atoms with E-state index in [2.05, 4.69) is 20.9 Å². The van der Waals surface area contributed by atoms with Gasteiger partial charge in [0.05, 0.1) is 5.69 Å². The summed E-state index contributed by atoms with van der Waals surface area (Å²) < 4.78 is 24.9. The van der Waals surface area contributed by atoms with Crippen molar-refractivity contribution in [1.82, 2.24) is 4.98 Å². The first-order valence-corrected chi connectivity index (χ1v) is 5.52. The molecule has 1 aromatic rings. The van der Waals surface area contributed by atoms with Crippen LogP contribution in [-0.4, -0.2) is 4.98 Å². The fourth-order valence-electron chi connectivity index (χ4n) is 0.817. The minimum atomic E-state index is -2.64. The second-order valence-electron chi connectivity index (χ2n) is 2.32. The van der Waals surface area contributed by atoms with E-state index < -0.39 is 12.0 Å². The standard InChI is InChI=1S/C7H5BrF2INO/c8-2-3-1-4(11)5(6(9)10)12-7(3)13/h1,6H,2H2,(H,12,13). The third-order valence-corrected chi connectivity index (χ3v) is 2.96. The van der Waals surface area contributed by atoms with Gasteiger partial charge in [-0.05, 0) is 28.7 Å². The number of pyridine rings is 1. The maximum Gasteiger partial charge on any atom is 0.279 e.